The minimum absolute atomic E-state index is 0.593. The summed E-state index contributed by atoms with van der Waals surface area (Å²) in [4.78, 5) is 0. The van der Waals surface area contributed by atoms with Crippen LogP contribution in [0.15, 0.2) is 30.3 Å². The van der Waals surface area contributed by atoms with E-state index in [9.17, 15) is 0 Å². The Bertz CT molecular complexity index is 507. The van der Waals surface area contributed by atoms with Gasteiger partial charge >= 0.3 is 0 Å². The number of aryl methyl sites for hydroxylation is 2. The van der Waals surface area contributed by atoms with Gasteiger partial charge in [0.25, 0.3) is 0 Å². The molecule has 0 nitrogen and oxygen atoms in total. The van der Waals surface area contributed by atoms with Gasteiger partial charge in [-0.15, -0.1) is 0 Å². The fourth-order valence-corrected chi connectivity index (χ4v) is 2.41. The topological polar surface area (TPSA) is 0 Å². The van der Waals surface area contributed by atoms with E-state index in [1.54, 1.807) is 0 Å². The molecule has 2 rings (SSSR count). The van der Waals surface area contributed by atoms with E-state index in [2.05, 4.69) is 71.9 Å². The maximum atomic E-state index is 2.27. The largest absolute Gasteiger partial charge is 0.0656 e. The van der Waals surface area contributed by atoms with Crippen molar-refractivity contribution >= 4 is 10.8 Å². The Kier molecular flexibility index (Phi) is 5.40. The molecule has 0 N–H and O–H groups in total. The lowest BCUT2D eigenvalue weighted by molar-refractivity contribution is 0.866. The Morgan fingerprint density at radius 3 is 2.00 bits per heavy atom. The van der Waals surface area contributed by atoms with Gasteiger partial charge in [-0.05, 0) is 47.2 Å². The molecule has 0 saturated heterocycles. The molecule has 18 heavy (non-hydrogen) atoms. The Hall–Kier alpha value is -1.30. The normalized spacial score (nSPS) is 10.4. The molecule has 0 aromatic heterocycles. The molecule has 0 saturated carbocycles. The Morgan fingerprint density at radius 1 is 0.833 bits per heavy atom. The second kappa shape index (κ2) is 6.58. The summed E-state index contributed by atoms with van der Waals surface area (Å²) in [7, 11) is 0. The first kappa shape index (κ1) is 14.8. The van der Waals surface area contributed by atoms with Crippen molar-refractivity contribution in [1.29, 1.82) is 0 Å². The summed E-state index contributed by atoms with van der Waals surface area (Å²) in [6, 6.07) is 11.1. The predicted molar refractivity (Wildman–Crippen MR) is 83.5 cm³/mol. The van der Waals surface area contributed by atoms with E-state index in [0.717, 1.165) is 0 Å². The number of hydrogen-bond acceptors (Lipinski definition) is 0. The molecule has 98 valence electrons. The highest BCUT2D eigenvalue weighted by atomic mass is 14.1. The van der Waals surface area contributed by atoms with Crippen molar-refractivity contribution in [2.24, 2.45) is 0 Å². The van der Waals surface area contributed by atoms with Crippen LogP contribution >= 0.6 is 0 Å². The lowest BCUT2D eigenvalue weighted by Gasteiger charge is -2.14. The standard InChI is InChI=1S/C15H18.C3H8/c1-10(2)15-12(4)8-9-13-11(3)6-5-7-14(13)15;1-3-2/h5-10H,1-4H3;3H2,1-2H3. The van der Waals surface area contributed by atoms with Gasteiger partial charge < -0.3 is 0 Å². The monoisotopic (exact) mass is 242 g/mol. The smallest absolute Gasteiger partial charge is 0.0144 e. The van der Waals surface area contributed by atoms with Gasteiger partial charge in [0, 0.05) is 0 Å². The molecule has 0 aliphatic carbocycles. The summed E-state index contributed by atoms with van der Waals surface area (Å²) >= 11 is 0. The van der Waals surface area contributed by atoms with Gasteiger partial charge in [-0.25, -0.2) is 0 Å². The molecule has 0 amide bonds. The van der Waals surface area contributed by atoms with E-state index in [1.807, 2.05) is 0 Å². The quantitative estimate of drug-likeness (QED) is 0.575. The summed E-state index contributed by atoms with van der Waals surface area (Å²) in [6.45, 7) is 13.2. The molecule has 0 bridgehead atoms. The zero-order valence-corrected chi connectivity index (χ0v) is 12.7. The summed E-state index contributed by atoms with van der Waals surface area (Å²) in [5, 5.41) is 2.82. The molecule has 0 spiro atoms. The molecular formula is C18H26. The average Bonchev–Trinajstić information content (AvgIpc) is 2.29. The molecular weight excluding hydrogens is 216 g/mol. The van der Waals surface area contributed by atoms with E-state index in [4.69, 9.17) is 0 Å². The van der Waals surface area contributed by atoms with Crippen molar-refractivity contribution in [2.45, 2.75) is 53.9 Å². The van der Waals surface area contributed by atoms with Crippen LogP contribution in [0.4, 0.5) is 0 Å². The van der Waals surface area contributed by atoms with Crippen LogP contribution in [0, 0.1) is 13.8 Å². The van der Waals surface area contributed by atoms with Crippen molar-refractivity contribution in [3.05, 3.63) is 47.0 Å². The van der Waals surface area contributed by atoms with Crippen LogP contribution in [0.1, 0.15) is 56.7 Å². The summed E-state index contributed by atoms with van der Waals surface area (Å²) in [6.07, 6.45) is 1.25. The van der Waals surface area contributed by atoms with Crippen molar-refractivity contribution in [2.75, 3.05) is 0 Å². The van der Waals surface area contributed by atoms with Gasteiger partial charge in [-0.3, -0.25) is 0 Å². The second-order valence-corrected chi connectivity index (χ2v) is 5.33. The minimum atomic E-state index is 0.593. The zero-order chi connectivity index (χ0) is 13.7. The molecule has 0 atom stereocenters. The fraction of sp³-hybridized carbons (Fsp3) is 0.444. The molecule has 0 aliphatic rings. The van der Waals surface area contributed by atoms with Crippen LogP contribution < -0.4 is 0 Å². The van der Waals surface area contributed by atoms with Gasteiger partial charge in [-0.1, -0.05) is 64.4 Å². The molecule has 0 heterocycles. The Balaban J connectivity index is 0.000000492. The van der Waals surface area contributed by atoms with Gasteiger partial charge in [0.2, 0.25) is 0 Å². The third kappa shape index (κ3) is 3.13. The number of benzene rings is 2. The summed E-state index contributed by atoms with van der Waals surface area (Å²) < 4.78 is 0. The molecule has 0 aliphatic heterocycles. The third-order valence-electron chi connectivity index (χ3n) is 3.12. The number of hydrogen-bond donors (Lipinski definition) is 0. The number of fused-ring (bicyclic) bond motifs is 1. The molecule has 2 aromatic rings. The highest BCUT2D eigenvalue weighted by Crippen LogP contribution is 2.30. The first-order chi connectivity index (χ1) is 8.52. The van der Waals surface area contributed by atoms with Crippen LogP contribution in [0.5, 0.6) is 0 Å². The predicted octanol–water partition coefficient (Wildman–Crippen LogP) is 6.00. The van der Waals surface area contributed by atoms with Gasteiger partial charge in [0.1, 0.15) is 0 Å². The van der Waals surface area contributed by atoms with Gasteiger partial charge in [-0.2, -0.15) is 0 Å². The van der Waals surface area contributed by atoms with E-state index >= 15 is 0 Å². The van der Waals surface area contributed by atoms with Gasteiger partial charge in [0.15, 0.2) is 0 Å². The maximum Gasteiger partial charge on any atom is -0.0144 e. The number of rotatable bonds is 1. The van der Waals surface area contributed by atoms with Crippen molar-refractivity contribution in [1.82, 2.24) is 0 Å². The summed E-state index contributed by atoms with van der Waals surface area (Å²) in [5.74, 6) is 0.593. The lowest BCUT2D eigenvalue weighted by atomic mass is 9.90. The van der Waals surface area contributed by atoms with Gasteiger partial charge in [0.05, 0.1) is 0 Å². The molecule has 0 fully saturated rings. The van der Waals surface area contributed by atoms with Crippen LogP contribution in [0.2, 0.25) is 0 Å². The van der Waals surface area contributed by atoms with E-state index in [-0.39, 0.29) is 0 Å². The average molecular weight is 242 g/mol. The Morgan fingerprint density at radius 2 is 1.44 bits per heavy atom. The van der Waals surface area contributed by atoms with Crippen molar-refractivity contribution in [3.63, 3.8) is 0 Å². The zero-order valence-electron chi connectivity index (χ0n) is 12.7. The molecule has 2 aromatic carbocycles. The first-order valence-electron chi connectivity index (χ1n) is 7.01. The lowest BCUT2D eigenvalue weighted by Crippen LogP contribution is -1.94. The minimum Gasteiger partial charge on any atom is -0.0656 e. The van der Waals surface area contributed by atoms with Crippen LogP contribution in [-0.4, -0.2) is 0 Å². The van der Waals surface area contributed by atoms with Crippen LogP contribution in [0.3, 0.4) is 0 Å². The highest BCUT2D eigenvalue weighted by molar-refractivity contribution is 5.89. The van der Waals surface area contributed by atoms with Crippen LogP contribution in [0.25, 0.3) is 10.8 Å². The fourth-order valence-electron chi connectivity index (χ4n) is 2.41. The molecule has 0 unspecified atom stereocenters. The SMILES string of the molecule is CCC.Cc1ccc2c(C)cccc2c1C(C)C. The third-order valence-corrected chi connectivity index (χ3v) is 3.12. The van der Waals surface area contributed by atoms with E-state index < -0.39 is 0 Å². The molecule has 0 heteroatoms. The summed E-state index contributed by atoms with van der Waals surface area (Å²) in [5.41, 5.74) is 4.27. The maximum absolute atomic E-state index is 2.27. The van der Waals surface area contributed by atoms with Crippen molar-refractivity contribution in [3.8, 4) is 0 Å². The molecule has 0 radical (unpaired) electrons. The second-order valence-electron chi connectivity index (χ2n) is 5.33. The highest BCUT2D eigenvalue weighted by Gasteiger charge is 2.08. The van der Waals surface area contributed by atoms with Crippen molar-refractivity contribution < 1.29 is 0 Å². The van der Waals surface area contributed by atoms with E-state index in [1.165, 1.54) is 33.9 Å². The van der Waals surface area contributed by atoms with Crippen LogP contribution in [-0.2, 0) is 0 Å². The first-order valence-corrected chi connectivity index (χ1v) is 7.01. The van der Waals surface area contributed by atoms with E-state index in [0.29, 0.717) is 5.92 Å². The Labute approximate surface area is 112 Å².